The zero-order valence-electron chi connectivity index (χ0n) is 17.8. The van der Waals surface area contributed by atoms with E-state index in [1.807, 2.05) is 6.07 Å². The molecule has 0 aliphatic heterocycles. The maximum Gasteiger partial charge on any atom is 0.0645 e. The first-order chi connectivity index (χ1) is 12.8. The summed E-state index contributed by atoms with van der Waals surface area (Å²) in [5.41, 5.74) is 1.39. The molecule has 0 spiro atoms. The van der Waals surface area contributed by atoms with Gasteiger partial charge in [0.05, 0.1) is 20.6 Å². The van der Waals surface area contributed by atoms with Crippen molar-refractivity contribution in [1.29, 1.82) is 0 Å². The van der Waals surface area contributed by atoms with Crippen LogP contribution in [0.25, 0.3) is 27.5 Å². The van der Waals surface area contributed by atoms with Gasteiger partial charge in [0.15, 0.2) is 0 Å². The molecule has 1 heteroatoms. The number of nitrogens with zero attached hydrogens (tertiary/aromatic N) is 1. The Bertz CT molecular complexity index is 1170. The normalized spacial score (nSPS) is 16.1. The number of para-hydroxylation sites is 2. The van der Waals surface area contributed by atoms with Gasteiger partial charge in [0.1, 0.15) is 0 Å². The molecular formula is C19H15N. The number of aromatic nitrogens is 1. The second-order valence-corrected chi connectivity index (χ2v) is 4.62. The number of benzene rings is 3. The zero-order chi connectivity index (χ0) is 19.6. The maximum absolute atomic E-state index is 8.51. The molecule has 0 amide bonds. The van der Waals surface area contributed by atoms with Gasteiger partial charge in [-0.1, -0.05) is 47.9 Å². The van der Waals surface area contributed by atoms with Crippen LogP contribution in [-0.4, -0.2) is 4.57 Å². The Labute approximate surface area is 127 Å². The van der Waals surface area contributed by atoms with Crippen LogP contribution in [0.3, 0.4) is 0 Å². The molecule has 0 fully saturated rings. The lowest BCUT2D eigenvalue weighted by atomic mass is 10.1. The van der Waals surface area contributed by atoms with Crippen molar-refractivity contribution >= 4 is 21.8 Å². The molecule has 1 aromatic heterocycles. The fourth-order valence-electron chi connectivity index (χ4n) is 2.44. The van der Waals surface area contributed by atoms with Gasteiger partial charge >= 0.3 is 0 Å². The van der Waals surface area contributed by atoms with Crippen LogP contribution in [0.4, 0.5) is 0 Å². The van der Waals surface area contributed by atoms with Gasteiger partial charge in [0, 0.05) is 16.5 Å². The summed E-state index contributed by atoms with van der Waals surface area (Å²) in [4.78, 5) is 0. The first-order valence-electron chi connectivity index (χ1n) is 9.83. The van der Waals surface area contributed by atoms with Gasteiger partial charge in [0.25, 0.3) is 0 Å². The predicted octanol–water partition coefficient (Wildman–Crippen LogP) is 5.09. The van der Waals surface area contributed by atoms with Gasteiger partial charge in [-0.15, -0.1) is 0 Å². The average Bonchev–Trinajstić information content (AvgIpc) is 3.04. The van der Waals surface area contributed by atoms with E-state index in [9.17, 15) is 0 Å². The van der Waals surface area contributed by atoms with Crippen molar-refractivity contribution < 1.29 is 9.60 Å². The lowest BCUT2D eigenvalue weighted by Crippen LogP contribution is -1.92. The van der Waals surface area contributed by atoms with Gasteiger partial charge in [-0.05, 0) is 37.2 Å². The Balaban J connectivity index is 2.45. The molecule has 0 aliphatic rings. The fourth-order valence-corrected chi connectivity index (χ4v) is 2.44. The van der Waals surface area contributed by atoms with E-state index < -0.39 is 0 Å². The Kier molecular flexibility index (Phi) is 1.33. The molecule has 0 unspecified atom stereocenters. The maximum atomic E-state index is 8.51. The molecule has 3 aromatic carbocycles. The van der Waals surface area contributed by atoms with Crippen molar-refractivity contribution in [2.24, 2.45) is 0 Å². The molecule has 0 radical (unpaired) electrons. The van der Waals surface area contributed by atoms with Gasteiger partial charge in [-0.2, -0.15) is 0 Å². The minimum absolute atomic E-state index is 0.00992. The van der Waals surface area contributed by atoms with Crippen LogP contribution >= 0.6 is 0 Å². The van der Waals surface area contributed by atoms with Crippen molar-refractivity contribution in [2.45, 2.75) is 6.92 Å². The third-order valence-corrected chi connectivity index (χ3v) is 3.30. The molecule has 1 nitrogen and oxygen atoms in total. The van der Waals surface area contributed by atoms with Crippen molar-refractivity contribution in [2.75, 3.05) is 0 Å². The number of rotatable bonds is 1. The number of fused-ring (bicyclic) bond motifs is 3. The molecule has 96 valence electrons. The first kappa shape index (κ1) is 6.27. The highest BCUT2D eigenvalue weighted by Crippen LogP contribution is 2.32. The molecule has 4 rings (SSSR count). The Morgan fingerprint density at radius 1 is 0.850 bits per heavy atom. The third-order valence-electron chi connectivity index (χ3n) is 3.30. The minimum Gasteiger partial charge on any atom is -0.309 e. The summed E-state index contributed by atoms with van der Waals surface area (Å²) >= 11 is 0. The van der Waals surface area contributed by atoms with E-state index in [0.29, 0.717) is 11.3 Å². The molecule has 0 N–H and O–H groups in total. The van der Waals surface area contributed by atoms with Gasteiger partial charge in [0.2, 0.25) is 0 Å². The molecule has 1 heterocycles. The van der Waals surface area contributed by atoms with E-state index in [1.165, 1.54) is 0 Å². The molecular weight excluding hydrogens is 242 g/mol. The van der Waals surface area contributed by atoms with Gasteiger partial charge < -0.3 is 4.57 Å². The Hall–Kier alpha value is -2.54. The third kappa shape index (κ3) is 1.56. The predicted molar refractivity (Wildman–Crippen MR) is 85.5 cm³/mol. The standard InChI is InChI=1S/C19H15N/c1-14-11-12-19-17(13-14)16-9-5-6-10-18(16)20(19)15-7-3-2-4-8-15/h2-13H,1H3/i5D,6D,9D,10D,11D,12D,13D. The topological polar surface area (TPSA) is 4.93 Å². The van der Waals surface area contributed by atoms with Crippen molar-refractivity contribution in [3.05, 3.63) is 78.2 Å². The van der Waals surface area contributed by atoms with Crippen LogP contribution in [0.15, 0.2) is 72.6 Å². The molecule has 0 aliphatic carbocycles. The molecule has 0 bridgehead atoms. The number of hydrogen-bond donors (Lipinski definition) is 0. The quantitative estimate of drug-likeness (QED) is 0.451. The second-order valence-electron chi connectivity index (χ2n) is 4.62. The lowest BCUT2D eigenvalue weighted by Gasteiger charge is -2.07. The van der Waals surface area contributed by atoms with Crippen LogP contribution in [0.1, 0.15) is 15.2 Å². The highest BCUT2D eigenvalue weighted by molar-refractivity contribution is 6.09. The van der Waals surface area contributed by atoms with Crippen molar-refractivity contribution in [3.8, 4) is 5.69 Å². The largest absolute Gasteiger partial charge is 0.309 e. The number of hydrogen-bond acceptors (Lipinski definition) is 0. The summed E-state index contributed by atoms with van der Waals surface area (Å²) in [5, 5.41) is 0.487. The monoisotopic (exact) mass is 264 g/mol. The van der Waals surface area contributed by atoms with E-state index in [1.54, 1.807) is 35.8 Å². The van der Waals surface area contributed by atoms with Crippen molar-refractivity contribution in [3.63, 3.8) is 0 Å². The van der Waals surface area contributed by atoms with E-state index in [0.717, 1.165) is 0 Å². The summed E-state index contributed by atoms with van der Waals surface area (Å²) in [7, 11) is 0. The van der Waals surface area contributed by atoms with E-state index in [-0.39, 0.29) is 64.1 Å². The summed E-state index contributed by atoms with van der Waals surface area (Å²) in [5.74, 6) is 0. The highest BCUT2D eigenvalue weighted by atomic mass is 15.0. The van der Waals surface area contributed by atoms with Gasteiger partial charge in [-0.3, -0.25) is 0 Å². The molecule has 0 saturated heterocycles. The minimum atomic E-state index is -0.377. The smallest absolute Gasteiger partial charge is 0.0645 e. The van der Waals surface area contributed by atoms with Gasteiger partial charge in [-0.25, -0.2) is 0 Å². The van der Waals surface area contributed by atoms with E-state index >= 15 is 0 Å². The SMILES string of the molecule is [2H]c1c([2H])c([2H])c2c(c1[2H])c1c([2H])c(C)c([2H])c([2H])c1n2-c1ccccc1. The fraction of sp³-hybridized carbons (Fsp3) is 0.0526. The van der Waals surface area contributed by atoms with Crippen molar-refractivity contribution in [1.82, 2.24) is 4.57 Å². The molecule has 0 atom stereocenters. The van der Waals surface area contributed by atoms with E-state index in [4.69, 9.17) is 9.60 Å². The summed E-state index contributed by atoms with van der Waals surface area (Å²) in [6.45, 7) is 1.58. The Morgan fingerprint density at radius 2 is 1.60 bits per heavy atom. The lowest BCUT2D eigenvalue weighted by molar-refractivity contribution is 1.18. The van der Waals surface area contributed by atoms with Crippen LogP contribution in [0, 0.1) is 6.92 Å². The Morgan fingerprint density at radius 3 is 2.45 bits per heavy atom. The highest BCUT2D eigenvalue weighted by Gasteiger charge is 2.11. The summed E-state index contributed by atoms with van der Waals surface area (Å²) < 4.78 is 59.6. The van der Waals surface area contributed by atoms with Crippen LogP contribution in [0.2, 0.25) is 0 Å². The molecule has 0 saturated carbocycles. The van der Waals surface area contributed by atoms with Crippen LogP contribution < -0.4 is 0 Å². The van der Waals surface area contributed by atoms with Crippen LogP contribution in [0.5, 0.6) is 0 Å². The van der Waals surface area contributed by atoms with Crippen LogP contribution in [-0.2, 0) is 0 Å². The second kappa shape index (κ2) is 4.24. The molecule has 4 aromatic rings. The molecule has 20 heavy (non-hydrogen) atoms. The summed E-state index contributed by atoms with van der Waals surface area (Å²) in [6.07, 6.45) is 0. The average molecular weight is 264 g/mol. The first-order valence-corrected chi connectivity index (χ1v) is 6.33. The van der Waals surface area contributed by atoms with E-state index in [2.05, 4.69) is 0 Å². The summed E-state index contributed by atoms with van der Waals surface area (Å²) in [6, 6.07) is 7.56. The zero-order valence-corrected chi connectivity index (χ0v) is 10.8.